The summed E-state index contributed by atoms with van der Waals surface area (Å²) >= 11 is 0. The van der Waals surface area contributed by atoms with Crippen molar-refractivity contribution in [3.05, 3.63) is 0 Å². The molecule has 3 rings (SSSR count). The number of guanidine groups is 1. The summed E-state index contributed by atoms with van der Waals surface area (Å²) in [6.45, 7) is -0.782. The van der Waals surface area contributed by atoms with Gasteiger partial charge < -0.3 is 39.3 Å². The molecular formula is C10H14N5Na2O9P. The molecule has 0 radical (unpaired) electrons. The zero-order chi connectivity index (χ0) is 17.6. The van der Waals surface area contributed by atoms with Crippen molar-refractivity contribution < 1.29 is 103 Å². The maximum atomic E-state index is 11.7. The molecular weight excluding hydrogens is 411 g/mol. The Balaban J connectivity index is 0.00000225. The number of aliphatic hydroxyl groups is 2. The summed E-state index contributed by atoms with van der Waals surface area (Å²) in [5, 5.41) is 29.6. The molecule has 5 atom stereocenters. The molecule has 14 nitrogen and oxygen atoms in total. The van der Waals surface area contributed by atoms with Crippen molar-refractivity contribution in [2.45, 2.75) is 30.6 Å². The van der Waals surface area contributed by atoms with Crippen LogP contribution in [0, 0.1) is 5.41 Å². The summed E-state index contributed by atoms with van der Waals surface area (Å²) in [6.07, 6.45) is -4.48. The maximum Gasteiger partial charge on any atom is 1.00 e. The molecule has 0 aromatic rings. The summed E-state index contributed by atoms with van der Waals surface area (Å²) in [5.41, 5.74) is 0. The van der Waals surface area contributed by atoms with Crippen LogP contribution in [0.2, 0.25) is 0 Å². The van der Waals surface area contributed by atoms with Crippen LogP contribution in [0.5, 0.6) is 0 Å². The molecule has 17 heteroatoms. The number of amidine groups is 1. The number of aliphatic imine (C=N–C) groups is 2. The average Bonchev–Trinajstić information content (AvgIpc) is 3.00. The third-order valence-electron chi connectivity index (χ3n) is 3.57. The van der Waals surface area contributed by atoms with Crippen LogP contribution in [-0.2, 0) is 18.6 Å². The maximum absolute atomic E-state index is 11.7. The molecule has 0 spiro atoms. The summed E-state index contributed by atoms with van der Waals surface area (Å²) in [6, 6.07) is -1.02. The molecule has 6 N–H and O–H groups in total. The number of fused-ring (bicyclic) bond motifs is 1. The van der Waals surface area contributed by atoms with E-state index in [4.69, 9.17) is 10.1 Å². The van der Waals surface area contributed by atoms with Gasteiger partial charge in [0, 0.05) is 0 Å². The molecule has 1 saturated heterocycles. The van der Waals surface area contributed by atoms with Crippen LogP contribution in [0.1, 0.15) is 0 Å². The number of nitrogens with zero attached hydrogens (tertiary/aromatic N) is 3. The SMILES string of the molecule is N=C1N=C2C(N=CN2[C@@H]2O[C@H](COP(=O)([O-])[O-])[C@@H](O)[C@H]2O)C(=O)N1.O.[Na+].[Na+]. The minimum Gasteiger partial charge on any atom is -0.790 e. The Bertz CT molecular complexity index is 688. The number of phosphoric acid groups is 1. The second-order valence-corrected chi connectivity index (χ2v) is 6.32. The molecule has 1 unspecified atom stereocenters. The second-order valence-electron chi connectivity index (χ2n) is 5.17. The topological polar surface area (TPSA) is 235 Å². The minimum atomic E-state index is -5.27. The van der Waals surface area contributed by atoms with Gasteiger partial charge in [-0.25, -0.2) is 0 Å². The quantitative estimate of drug-likeness (QED) is 0.247. The van der Waals surface area contributed by atoms with E-state index in [1.54, 1.807) is 0 Å². The molecule has 3 heterocycles. The minimum absolute atomic E-state index is 0. The first kappa shape index (κ1) is 27.2. The summed E-state index contributed by atoms with van der Waals surface area (Å²) in [5.74, 6) is -0.997. The van der Waals surface area contributed by atoms with Crippen molar-refractivity contribution in [1.82, 2.24) is 10.2 Å². The third-order valence-corrected chi connectivity index (χ3v) is 4.04. The van der Waals surface area contributed by atoms with Gasteiger partial charge in [0.1, 0.15) is 18.3 Å². The van der Waals surface area contributed by atoms with Crippen LogP contribution >= 0.6 is 7.82 Å². The molecule has 0 aromatic carbocycles. The summed E-state index contributed by atoms with van der Waals surface area (Å²) in [4.78, 5) is 41.6. The van der Waals surface area contributed by atoms with Gasteiger partial charge in [0.2, 0.25) is 5.96 Å². The molecule has 0 aromatic heterocycles. The van der Waals surface area contributed by atoms with Crippen molar-refractivity contribution in [2.75, 3.05) is 6.61 Å². The molecule has 140 valence electrons. The van der Waals surface area contributed by atoms with E-state index in [1.807, 2.05) is 0 Å². The van der Waals surface area contributed by atoms with Gasteiger partial charge in [0.25, 0.3) is 5.91 Å². The van der Waals surface area contributed by atoms with Gasteiger partial charge >= 0.3 is 59.1 Å². The Morgan fingerprint density at radius 1 is 1.37 bits per heavy atom. The number of aliphatic hydroxyl groups excluding tert-OH is 2. The number of carbonyl (C=O) groups is 1. The molecule has 1 amide bonds. The van der Waals surface area contributed by atoms with Crippen molar-refractivity contribution in [3.8, 4) is 0 Å². The second kappa shape index (κ2) is 10.3. The number of amides is 1. The number of ether oxygens (including phenoxy) is 1. The molecule has 3 aliphatic rings. The number of hydrogen-bond donors (Lipinski definition) is 4. The van der Waals surface area contributed by atoms with Gasteiger partial charge in [-0.2, -0.15) is 4.99 Å². The predicted molar refractivity (Wildman–Crippen MR) is 75.3 cm³/mol. The first-order valence-electron chi connectivity index (χ1n) is 6.65. The molecule has 0 bridgehead atoms. The van der Waals surface area contributed by atoms with E-state index in [1.165, 1.54) is 0 Å². The molecule has 27 heavy (non-hydrogen) atoms. The zero-order valence-electron chi connectivity index (χ0n) is 14.3. The Morgan fingerprint density at radius 2 is 2.00 bits per heavy atom. The standard InChI is InChI=1S/C10H14N5O8P.2Na.H2O/c11-10-13-7-4(8(18)14-10)12-2-15(7)9-6(17)5(16)3(23-9)1-22-24(19,20)21;;;/h2-6,9,16-17H,1H2,(H2,11,14,18)(H2,19,20,21);;;1H2/q;2*+1;/p-2/t3-,4?,5-,6-,9-;;;/m1.../s1. The largest absolute Gasteiger partial charge is 1.00 e. The summed E-state index contributed by atoms with van der Waals surface area (Å²) in [7, 11) is -5.27. The number of nitrogens with one attached hydrogen (secondary N) is 2. The van der Waals surface area contributed by atoms with Crippen LogP contribution in [0.25, 0.3) is 0 Å². The van der Waals surface area contributed by atoms with Gasteiger partial charge in [-0.15, -0.1) is 0 Å². The van der Waals surface area contributed by atoms with Gasteiger partial charge in [-0.3, -0.25) is 25.4 Å². The Morgan fingerprint density at radius 3 is 2.59 bits per heavy atom. The van der Waals surface area contributed by atoms with Crippen LogP contribution in [-0.4, -0.2) is 81.8 Å². The van der Waals surface area contributed by atoms with Gasteiger partial charge in [-0.05, 0) is 0 Å². The van der Waals surface area contributed by atoms with E-state index < -0.39 is 56.9 Å². The normalized spacial score (nSPS) is 31.9. The smallest absolute Gasteiger partial charge is 0.790 e. The number of carbonyl (C=O) groups excluding carboxylic acids is 1. The first-order chi connectivity index (χ1) is 11.2. The van der Waals surface area contributed by atoms with E-state index in [9.17, 15) is 29.4 Å². The molecule has 3 aliphatic heterocycles. The Labute approximate surface area is 196 Å². The van der Waals surface area contributed by atoms with Crippen LogP contribution in [0.3, 0.4) is 0 Å². The Hall–Kier alpha value is 0.230. The van der Waals surface area contributed by atoms with Crippen molar-refractivity contribution in [1.29, 1.82) is 5.41 Å². The third kappa shape index (κ3) is 5.87. The van der Waals surface area contributed by atoms with Crippen LogP contribution in [0.15, 0.2) is 9.98 Å². The van der Waals surface area contributed by atoms with E-state index in [-0.39, 0.29) is 70.4 Å². The first-order valence-corrected chi connectivity index (χ1v) is 8.11. The van der Waals surface area contributed by atoms with Gasteiger partial charge in [0.15, 0.2) is 18.1 Å². The molecule has 1 fully saturated rings. The zero-order valence-corrected chi connectivity index (χ0v) is 19.2. The fraction of sp³-hybridized carbons (Fsp3) is 0.600. The van der Waals surface area contributed by atoms with Crippen LogP contribution < -0.4 is 74.2 Å². The average molecular weight is 425 g/mol. The van der Waals surface area contributed by atoms with Gasteiger partial charge in [-0.1, -0.05) is 0 Å². The summed E-state index contributed by atoms with van der Waals surface area (Å²) < 4.78 is 19.9. The predicted octanol–water partition coefficient (Wildman–Crippen LogP) is -11.4. The van der Waals surface area contributed by atoms with Crippen molar-refractivity contribution >= 4 is 31.9 Å². The van der Waals surface area contributed by atoms with E-state index >= 15 is 0 Å². The molecule has 0 saturated carbocycles. The van der Waals surface area contributed by atoms with Crippen molar-refractivity contribution in [2.24, 2.45) is 9.98 Å². The molecule has 0 aliphatic carbocycles. The monoisotopic (exact) mass is 425 g/mol. The van der Waals surface area contributed by atoms with Gasteiger partial charge in [0.05, 0.1) is 20.8 Å². The van der Waals surface area contributed by atoms with Crippen LogP contribution in [0.4, 0.5) is 0 Å². The van der Waals surface area contributed by atoms with Crippen molar-refractivity contribution in [3.63, 3.8) is 0 Å². The van der Waals surface area contributed by atoms with E-state index in [0.717, 1.165) is 11.2 Å². The number of hydrogen-bond acceptors (Lipinski definition) is 11. The Kier molecular flexibility index (Phi) is 10.4. The fourth-order valence-electron chi connectivity index (χ4n) is 2.49. The number of rotatable bonds is 4. The fourth-order valence-corrected chi connectivity index (χ4v) is 2.82. The number of phosphoric ester groups is 1. The van der Waals surface area contributed by atoms with E-state index in [0.29, 0.717) is 0 Å². The van der Waals surface area contributed by atoms with E-state index in [2.05, 4.69) is 19.8 Å².